The van der Waals surface area contributed by atoms with Crippen LogP contribution in [0.5, 0.6) is 0 Å². The summed E-state index contributed by atoms with van der Waals surface area (Å²) < 4.78 is 29.1. The molecule has 0 radical (unpaired) electrons. The Morgan fingerprint density at radius 1 is 1.07 bits per heavy atom. The number of fused-ring (bicyclic) bond motifs is 1. The highest BCUT2D eigenvalue weighted by atomic mass is 127. The topological polar surface area (TPSA) is 145 Å². The van der Waals surface area contributed by atoms with Gasteiger partial charge in [0.25, 0.3) is 5.91 Å². The number of carbonyl (C=O) groups excluding carboxylic acids is 1. The number of amides is 1. The molecule has 1 amide bonds. The molecule has 40 heavy (non-hydrogen) atoms. The van der Waals surface area contributed by atoms with Crippen molar-refractivity contribution in [3.63, 3.8) is 0 Å². The highest BCUT2D eigenvalue weighted by Gasteiger charge is 2.30. The fraction of sp³-hybridized carbons (Fsp3) is 0.0714. The van der Waals surface area contributed by atoms with Crippen LogP contribution in [0.25, 0.3) is 22.2 Å². The number of alkyl halides is 3. The minimum Gasteiger partial charge on any atom is -0.384 e. The Kier molecular flexibility index (Phi) is 7.47. The van der Waals surface area contributed by atoms with Crippen LogP contribution < -0.4 is 16.4 Å². The first-order valence-corrected chi connectivity index (χ1v) is 14.4. The van der Waals surface area contributed by atoms with Gasteiger partial charge in [-0.1, -0.05) is 28.8 Å². The van der Waals surface area contributed by atoms with Gasteiger partial charge < -0.3 is 16.4 Å². The van der Waals surface area contributed by atoms with Crippen LogP contribution in [0.3, 0.4) is 0 Å². The van der Waals surface area contributed by atoms with Gasteiger partial charge in [0.05, 0.1) is 22.6 Å². The minimum atomic E-state index is -3.14. The van der Waals surface area contributed by atoms with Crippen molar-refractivity contribution in [3.8, 4) is 17.2 Å². The fourth-order valence-electron chi connectivity index (χ4n) is 3.91. The summed E-state index contributed by atoms with van der Waals surface area (Å²) in [6, 6.07) is 18.9. The van der Waals surface area contributed by atoms with Crippen LogP contribution in [0.15, 0.2) is 73.1 Å². The first kappa shape index (κ1) is 26.8. The standard InChI is InChI=1S/C28H21F2IN8O/c1-31-28(29,30)20-11-23(27(40)37-21-8-4-16(12-32)5-9-21)25(36-15-20)34-13-17-2-6-18(7-3-17)19-10-22-24(33)38-39-26(22)35-14-19/h2-11,14-15H,1,13H2,(H,34,36)(H,37,40)(H3,33,35,38,39). The molecule has 5 aromatic rings. The molecule has 2 aromatic carbocycles. The molecule has 0 aliphatic rings. The van der Waals surface area contributed by atoms with E-state index in [1.165, 1.54) is 0 Å². The highest BCUT2D eigenvalue weighted by molar-refractivity contribution is 14.2. The van der Waals surface area contributed by atoms with E-state index in [1.807, 2.05) is 36.4 Å². The summed E-state index contributed by atoms with van der Waals surface area (Å²) in [4.78, 5) is 21.6. The van der Waals surface area contributed by atoms with E-state index in [-0.39, 0.29) is 23.5 Å². The lowest BCUT2D eigenvalue weighted by atomic mass is 10.0. The van der Waals surface area contributed by atoms with Crippen molar-refractivity contribution in [1.29, 1.82) is 5.26 Å². The number of anilines is 3. The molecule has 0 fully saturated rings. The van der Waals surface area contributed by atoms with E-state index >= 15 is 0 Å². The molecule has 0 saturated heterocycles. The fourth-order valence-corrected chi connectivity index (χ4v) is 4.65. The van der Waals surface area contributed by atoms with Crippen LogP contribution in [0, 0.1) is 11.3 Å². The van der Waals surface area contributed by atoms with Crippen molar-refractivity contribution in [2.45, 2.75) is 10.5 Å². The molecular weight excluding hydrogens is 629 g/mol. The van der Waals surface area contributed by atoms with Gasteiger partial charge in [0.2, 0.25) is 0 Å². The van der Waals surface area contributed by atoms with Gasteiger partial charge in [-0.3, -0.25) is 9.89 Å². The van der Waals surface area contributed by atoms with Crippen molar-refractivity contribution in [2.24, 2.45) is 0 Å². The molecule has 200 valence electrons. The van der Waals surface area contributed by atoms with E-state index in [9.17, 15) is 13.6 Å². The first-order valence-electron chi connectivity index (χ1n) is 11.8. The maximum Gasteiger partial charge on any atom is 0.317 e. The number of H-pyrrole nitrogens is 1. The average Bonchev–Trinajstić information content (AvgIpc) is 3.36. The second-order valence-corrected chi connectivity index (χ2v) is 10.8. The molecule has 0 unspecified atom stereocenters. The van der Waals surface area contributed by atoms with E-state index in [1.54, 1.807) is 30.5 Å². The smallest absolute Gasteiger partial charge is 0.317 e. The van der Waals surface area contributed by atoms with Gasteiger partial charge in [-0.15, -0.1) is 0 Å². The van der Waals surface area contributed by atoms with Crippen molar-refractivity contribution in [2.75, 3.05) is 16.4 Å². The van der Waals surface area contributed by atoms with Gasteiger partial charge in [-0.05, 0) is 68.3 Å². The van der Waals surface area contributed by atoms with E-state index in [4.69, 9.17) is 11.0 Å². The number of rotatable bonds is 8. The zero-order chi connectivity index (χ0) is 28.3. The SMILES string of the molecule is C=IC(F)(F)c1cnc(NCc2ccc(-c3cnc4n[nH]c(N)c4c3)cc2)c(C(=O)Nc2ccc(C#N)cc2)c1. The number of halogens is 3. The van der Waals surface area contributed by atoms with Crippen LogP contribution in [0.1, 0.15) is 27.0 Å². The normalized spacial score (nSPS) is 11.2. The second-order valence-electron chi connectivity index (χ2n) is 8.68. The van der Waals surface area contributed by atoms with E-state index in [0.29, 0.717) is 22.7 Å². The zero-order valence-electron chi connectivity index (χ0n) is 20.8. The van der Waals surface area contributed by atoms with Gasteiger partial charge in [0.15, 0.2) is 5.65 Å². The number of nitriles is 1. The number of carbonyl (C=O) groups is 1. The number of aromatic nitrogens is 4. The van der Waals surface area contributed by atoms with E-state index in [2.05, 4.69) is 35.3 Å². The van der Waals surface area contributed by atoms with Crippen molar-refractivity contribution in [1.82, 2.24) is 20.2 Å². The largest absolute Gasteiger partial charge is 0.384 e. The molecular formula is C28H21F2IN8O. The van der Waals surface area contributed by atoms with E-state index in [0.717, 1.165) is 34.3 Å². The molecule has 0 aliphatic carbocycles. The molecule has 12 heteroatoms. The summed E-state index contributed by atoms with van der Waals surface area (Å²) in [6.45, 7) is 0.286. The summed E-state index contributed by atoms with van der Waals surface area (Å²) in [5.41, 5.74) is 9.56. The van der Waals surface area contributed by atoms with Crippen LogP contribution in [-0.2, 0) is 10.5 Å². The van der Waals surface area contributed by atoms with Crippen LogP contribution >= 0.6 is 20.7 Å². The predicted octanol–water partition coefficient (Wildman–Crippen LogP) is 5.79. The van der Waals surface area contributed by atoms with Gasteiger partial charge >= 0.3 is 3.93 Å². The Hall–Kier alpha value is -4.77. The van der Waals surface area contributed by atoms with Crippen LogP contribution in [-0.4, -0.2) is 30.6 Å². The molecule has 5 N–H and O–H groups in total. The molecule has 3 heterocycles. The number of benzene rings is 2. The maximum absolute atomic E-state index is 14.4. The van der Waals surface area contributed by atoms with E-state index < -0.39 is 30.6 Å². The Balaban J connectivity index is 1.36. The number of nitrogens with one attached hydrogen (secondary N) is 3. The monoisotopic (exact) mass is 650 g/mol. The molecule has 9 nitrogen and oxygen atoms in total. The van der Waals surface area contributed by atoms with Gasteiger partial charge in [-0.25, -0.2) is 9.97 Å². The molecule has 3 aromatic heterocycles. The lowest BCUT2D eigenvalue weighted by Crippen LogP contribution is -2.18. The third-order valence-corrected chi connectivity index (χ3v) is 7.67. The van der Waals surface area contributed by atoms with Crippen molar-refractivity contribution >= 4 is 59.5 Å². The summed E-state index contributed by atoms with van der Waals surface area (Å²) in [5, 5.41) is 22.2. The average molecular weight is 650 g/mol. The van der Waals surface area contributed by atoms with Gasteiger partial charge in [0.1, 0.15) is 11.6 Å². The van der Waals surface area contributed by atoms with Crippen LogP contribution in [0.4, 0.5) is 26.1 Å². The Bertz CT molecular complexity index is 1760. The third kappa shape index (κ3) is 5.64. The molecule has 0 atom stereocenters. The molecule has 0 spiro atoms. The zero-order valence-corrected chi connectivity index (χ0v) is 22.9. The Labute approximate surface area is 237 Å². The van der Waals surface area contributed by atoms with Crippen molar-refractivity contribution in [3.05, 3.63) is 95.3 Å². The summed E-state index contributed by atoms with van der Waals surface area (Å²) >= 11 is -1.71. The lowest BCUT2D eigenvalue weighted by molar-refractivity contribution is 0.102. The number of pyridine rings is 2. The Morgan fingerprint density at radius 3 is 2.52 bits per heavy atom. The molecule has 0 bridgehead atoms. The van der Waals surface area contributed by atoms with Crippen LogP contribution in [0.2, 0.25) is 0 Å². The number of hydrogen-bond donors (Lipinski definition) is 4. The molecule has 0 aliphatic heterocycles. The number of nitrogens with two attached hydrogens (primary N) is 1. The van der Waals surface area contributed by atoms with Crippen molar-refractivity contribution < 1.29 is 13.6 Å². The third-order valence-electron chi connectivity index (χ3n) is 6.09. The Morgan fingerprint density at radius 2 is 1.82 bits per heavy atom. The van der Waals surface area contributed by atoms with Gasteiger partial charge in [-0.2, -0.15) is 19.1 Å². The number of hydrogen-bond acceptors (Lipinski definition) is 7. The quantitative estimate of drug-likeness (QED) is 0.123. The minimum absolute atomic E-state index is 0.0345. The second kappa shape index (κ2) is 11.1. The molecule has 0 saturated carbocycles. The predicted molar refractivity (Wildman–Crippen MR) is 159 cm³/mol. The lowest BCUT2D eigenvalue weighted by Gasteiger charge is -2.16. The maximum atomic E-state index is 14.4. The van der Waals surface area contributed by atoms with Gasteiger partial charge in [0, 0.05) is 35.8 Å². The summed E-state index contributed by atoms with van der Waals surface area (Å²) in [5.74, 6) is -0.0176. The number of nitrogen functional groups attached to an aromatic ring is 1. The summed E-state index contributed by atoms with van der Waals surface area (Å²) in [6.07, 6.45) is 2.78. The molecule has 5 rings (SSSR count). The number of aromatic amines is 1. The first-order chi connectivity index (χ1) is 19.3. The highest BCUT2D eigenvalue weighted by Crippen LogP contribution is 2.39. The summed E-state index contributed by atoms with van der Waals surface area (Å²) in [7, 11) is 0. The number of nitrogens with zero attached hydrogens (tertiary/aromatic N) is 4.